The van der Waals surface area contributed by atoms with Crippen LogP contribution in [-0.4, -0.2) is 13.2 Å². The van der Waals surface area contributed by atoms with Gasteiger partial charge in [-0.25, -0.2) is 8.42 Å². The molecule has 0 N–H and O–H groups in total. The summed E-state index contributed by atoms with van der Waals surface area (Å²) in [4.78, 5) is 0.391. The van der Waals surface area contributed by atoms with Gasteiger partial charge in [-0.1, -0.05) is 45.9 Å². The highest BCUT2D eigenvalue weighted by atomic mass is 32.2. The van der Waals surface area contributed by atoms with Crippen molar-refractivity contribution < 1.29 is 8.42 Å². The highest BCUT2D eigenvalue weighted by Gasteiger charge is 2.30. The summed E-state index contributed by atoms with van der Waals surface area (Å²) < 4.78 is 23.0. The van der Waals surface area contributed by atoms with E-state index in [1.165, 1.54) is 0 Å². The number of benzene rings is 1. The third-order valence-electron chi connectivity index (χ3n) is 1.86. The molecule has 0 radical (unpaired) electrons. The van der Waals surface area contributed by atoms with Crippen LogP contribution >= 0.6 is 0 Å². The van der Waals surface area contributed by atoms with Gasteiger partial charge < -0.3 is 0 Å². The number of hydrogen-bond acceptors (Lipinski definition) is 2. The Morgan fingerprint density at radius 3 is 1.47 bits per heavy atom. The molecule has 100 valence electrons. The molecule has 0 spiro atoms. The average Bonchev–Trinajstić information content (AvgIpc) is 2.34. The van der Waals surface area contributed by atoms with Crippen molar-refractivity contribution >= 4 is 9.84 Å². The van der Waals surface area contributed by atoms with Gasteiger partial charge >= 0.3 is 0 Å². The molecular weight excluding hydrogens is 232 g/mol. The zero-order valence-corrected chi connectivity index (χ0v) is 12.9. The Labute approximate surface area is 107 Å². The first-order chi connectivity index (χ1) is 7.86. The van der Waals surface area contributed by atoms with Crippen molar-refractivity contribution in [3.8, 4) is 0 Å². The van der Waals surface area contributed by atoms with E-state index in [9.17, 15) is 8.42 Å². The van der Waals surface area contributed by atoms with Crippen LogP contribution in [-0.2, 0) is 9.84 Å². The summed E-state index contributed by atoms with van der Waals surface area (Å²) in [5, 5.41) is 0. The second-order valence-corrected chi connectivity index (χ2v) is 6.63. The largest absolute Gasteiger partial charge is 0.223 e. The van der Waals surface area contributed by atoms with E-state index in [0.29, 0.717) is 4.90 Å². The predicted octanol–water partition coefficient (Wildman–Crippen LogP) is 4.31. The van der Waals surface area contributed by atoms with Crippen LogP contribution in [0.25, 0.3) is 0 Å². The fourth-order valence-corrected chi connectivity index (χ4v) is 2.18. The average molecular weight is 258 g/mol. The Hall–Kier alpha value is -0.830. The van der Waals surface area contributed by atoms with Crippen molar-refractivity contribution in [3.05, 3.63) is 30.3 Å². The molecule has 0 aromatic heterocycles. The topological polar surface area (TPSA) is 34.1 Å². The molecule has 0 aliphatic carbocycles. The van der Waals surface area contributed by atoms with Gasteiger partial charge in [0.05, 0.1) is 9.64 Å². The van der Waals surface area contributed by atoms with Crippen molar-refractivity contribution in [2.75, 3.05) is 0 Å². The van der Waals surface area contributed by atoms with Gasteiger partial charge in [-0.3, -0.25) is 0 Å². The van der Waals surface area contributed by atoms with Gasteiger partial charge in [-0.05, 0) is 32.9 Å². The van der Waals surface area contributed by atoms with Crippen molar-refractivity contribution in [1.82, 2.24) is 0 Å². The maximum absolute atomic E-state index is 11.9. The second kappa shape index (κ2) is 8.29. The Balaban J connectivity index is 0. The van der Waals surface area contributed by atoms with Crippen LogP contribution in [0.15, 0.2) is 35.2 Å². The molecule has 0 heterocycles. The molecule has 0 unspecified atom stereocenters. The van der Waals surface area contributed by atoms with E-state index < -0.39 is 14.6 Å². The molecule has 17 heavy (non-hydrogen) atoms. The second-order valence-electron chi connectivity index (χ2n) is 3.93. The monoisotopic (exact) mass is 258 g/mol. The first kappa shape index (κ1) is 18.5. The Morgan fingerprint density at radius 1 is 0.824 bits per heavy atom. The van der Waals surface area contributed by atoms with E-state index in [1.54, 1.807) is 45.0 Å². The summed E-state index contributed by atoms with van der Waals surface area (Å²) in [5.74, 6) is 0. The van der Waals surface area contributed by atoms with E-state index in [0.717, 1.165) is 0 Å². The smallest absolute Gasteiger partial charge is 0.183 e. The highest BCUT2D eigenvalue weighted by molar-refractivity contribution is 7.92. The molecule has 2 nitrogen and oxygen atoms in total. The summed E-state index contributed by atoms with van der Waals surface area (Å²) in [7, 11) is -3.18. The van der Waals surface area contributed by atoms with Gasteiger partial charge in [0.15, 0.2) is 9.84 Å². The van der Waals surface area contributed by atoms with Gasteiger partial charge in [0.1, 0.15) is 0 Å². The molecule has 1 aromatic rings. The molecule has 3 heteroatoms. The lowest BCUT2D eigenvalue weighted by Gasteiger charge is -2.18. The summed E-state index contributed by atoms with van der Waals surface area (Å²) in [6, 6.07) is 8.53. The lowest BCUT2D eigenvalue weighted by molar-refractivity contribution is 0.560. The third kappa shape index (κ3) is 5.35. The summed E-state index contributed by atoms with van der Waals surface area (Å²) in [6.45, 7) is 13.1. The SMILES string of the molecule is CC.CC.CC(C)(C)S(=O)(=O)c1ccccc1. The molecule has 0 fully saturated rings. The Bertz CT molecular complexity index is 372. The summed E-state index contributed by atoms with van der Waals surface area (Å²) in [5.41, 5.74) is 0. The van der Waals surface area contributed by atoms with Crippen molar-refractivity contribution in [3.63, 3.8) is 0 Å². The zero-order valence-electron chi connectivity index (χ0n) is 12.1. The van der Waals surface area contributed by atoms with E-state index in [2.05, 4.69) is 0 Å². The van der Waals surface area contributed by atoms with Crippen molar-refractivity contribution in [1.29, 1.82) is 0 Å². The molecule has 0 bridgehead atoms. The molecule has 0 aliphatic heterocycles. The van der Waals surface area contributed by atoms with E-state index >= 15 is 0 Å². The number of rotatable bonds is 1. The van der Waals surface area contributed by atoms with Gasteiger partial charge in [-0.15, -0.1) is 0 Å². The minimum atomic E-state index is -3.18. The van der Waals surface area contributed by atoms with Crippen LogP contribution in [0.5, 0.6) is 0 Å². The standard InChI is InChI=1S/C10H14O2S.2C2H6/c1-10(2,3)13(11,12)9-7-5-4-6-8-9;2*1-2/h4-8H,1-3H3;2*1-2H3. The van der Waals surface area contributed by atoms with E-state index in [1.807, 2.05) is 33.8 Å². The molecule has 1 aromatic carbocycles. The fourth-order valence-electron chi connectivity index (χ4n) is 0.953. The van der Waals surface area contributed by atoms with Crippen LogP contribution in [0.3, 0.4) is 0 Å². The van der Waals surface area contributed by atoms with E-state index in [4.69, 9.17) is 0 Å². The molecule has 0 atom stereocenters. The lowest BCUT2D eigenvalue weighted by atomic mass is 10.3. The quantitative estimate of drug-likeness (QED) is 0.752. The fraction of sp³-hybridized carbons (Fsp3) is 0.571. The first-order valence-corrected chi connectivity index (χ1v) is 7.64. The summed E-state index contributed by atoms with van der Waals surface area (Å²) in [6.07, 6.45) is 0. The highest BCUT2D eigenvalue weighted by Crippen LogP contribution is 2.23. The normalized spacial score (nSPS) is 10.5. The van der Waals surface area contributed by atoms with Gasteiger partial charge in [0.2, 0.25) is 0 Å². The minimum absolute atomic E-state index is 0.391. The van der Waals surface area contributed by atoms with Crippen LogP contribution in [0.4, 0.5) is 0 Å². The van der Waals surface area contributed by atoms with Gasteiger partial charge in [-0.2, -0.15) is 0 Å². The van der Waals surface area contributed by atoms with Crippen LogP contribution in [0.2, 0.25) is 0 Å². The molecular formula is C14H26O2S. The van der Waals surface area contributed by atoms with Crippen molar-refractivity contribution in [2.45, 2.75) is 58.1 Å². The van der Waals surface area contributed by atoms with Crippen LogP contribution in [0, 0.1) is 0 Å². The summed E-state index contributed by atoms with van der Waals surface area (Å²) >= 11 is 0. The molecule has 0 saturated heterocycles. The van der Waals surface area contributed by atoms with Crippen molar-refractivity contribution in [2.24, 2.45) is 0 Å². The first-order valence-electron chi connectivity index (χ1n) is 6.15. The number of sulfone groups is 1. The minimum Gasteiger partial charge on any atom is -0.223 e. The maximum atomic E-state index is 11.9. The molecule has 0 amide bonds. The Morgan fingerprint density at radius 2 is 1.18 bits per heavy atom. The van der Waals surface area contributed by atoms with Gasteiger partial charge in [0.25, 0.3) is 0 Å². The Kier molecular flexibility index (Phi) is 9.04. The van der Waals surface area contributed by atoms with E-state index in [-0.39, 0.29) is 0 Å². The van der Waals surface area contributed by atoms with Gasteiger partial charge in [0, 0.05) is 0 Å². The van der Waals surface area contributed by atoms with Crippen LogP contribution < -0.4 is 0 Å². The molecule has 1 rings (SSSR count). The van der Waals surface area contributed by atoms with Crippen LogP contribution in [0.1, 0.15) is 48.5 Å². The molecule has 0 saturated carbocycles. The zero-order chi connectivity index (χ0) is 14.1. The lowest BCUT2D eigenvalue weighted by Crippen LogP contribution is -2.27. The predicted molar refractivity (Wildman–Crippen MR) is 76.1 cm³/mol. The number of hydrogen-bond donors (Lipinski definition) is 0. The third-order valence-corrected chi connectivity index (χ3v) is 4.36. The molecule has 0 aliphatic rings. The maximum Gasteiger partial charge on any atom is 0.183 e.